The van der Waals surface area contributed by atoms with Crippen molar-refractivity contribution in [1.29, 1.82) is 0 Å². The minimum atomic E-state index is -0.397. The molecule has 1 amide bonds. The van der Waals surface area contributed by atoms with Gasteiger partial charge < -0.3 is 14.6 Å². The van der Waals surface area contributed by atoms with Gasteiger partial charge in [0.15, 0.2) is 0 Å². The summed E-state index contributed by atoms with van der Waals surface area (Å²) in [6.45, 7) is 3.50. The average molecular weight is 397 g/mol. The van der Waals surface area contributed by atoms with Crippen molar-refractivity contribution in [2.24, 2.45) is 0 Å². The number of thiophene rings is 1. The van der Waals surface area contributed by atoms with E-state index in [9.17, 15) is 9.59 Å². The van der Waals surface area contributed by atoms with Gasteiger partial charge in [-0.05, 0) is 59.9 Å². The first-order chi connectivity index (χ1) is 13.6. The normalized spacial score (nSPS) is 16.5. The van der Waals surface area contributed by atoms with Gasteiger partial charge in [-0.2, -0.15) is 0 Å². The molecule has 1 aliphatic rings. The summed E-state index contributed by atoms with van der Waals surface area (Å²) >= 11 is 1.61. The number of fused-ring (bicyclic) bond motifs is 1. The van der Waals surface area contributed by atoms with E-state index in [-0.39, 0.29) is 18.0 Å². The van der Waals surface area contributed by atoms with Gasteiger partial charge in [-0.25, -0.2) is 0 Å². The summed E-state index contributed by atoms with van der Waals surface area (Å²) in [4.78, 5) is 31.5. The van der Waals surface area contributed by atoms with Gasteiger partial charge in [-0.1, -0.05) is 19.1 Å². The molecule has 4 rings (SSSR count). The fourth-order valence-corrected chi connectivity index (χ4v) is 4.34. The minimum absolute atomic E-state index is 0.0345. The zero-order chi connectivity index (χ0) is 19.5. The molecule has 3 heterocycles. The van der Waals surface area contributed by atoms with E-state index in [1.807, 2.05) is 35.7 Å². The van der Waals surface area contributed by atoms with Crippen LogP contribution in [0.1, 0.15) is 35.8 Å². The van der Waals surface area contributed by atoms with E-state index in [4.69, 9.17) is 4.74 Å². The van der Waals surface area contributed by atoms with Crippen molar-refractivity contribution in [3.63, 3.8) is 0 Å². The average Bonchev–Trinajstić information content (AvgIpc) is 3.41. The maximum Gasteiger partial charge on any atom is 0.253 e. The number of ether oxygens (including phenoxy) is 1. The molecule has 3 aromatic rings. The molecule has 1 aromatic carbocycles. The van der Waals surface area contributed by atoms with E-state index in [0.29, 0.717) is 18.7 Å². The van der Waals surface area contributed by atoms with Crippen LogP contribution in [-0.2, 0) is 29.0 Å². The van der Waals surface area contributed by atoms with Gasteiger partial charge in [0, 0.05) is 22.6 Å². The van der Waals surface area contributed by atoms with Crippen LogP contribution in [0.15, 0.2) is 46.6 Å². The third-order valence-electron chi connectivity index (χ3n) is 5.20. The number of carbonyl (C=O) groups is 1. The molecule has 0 bridgehead atoms. The van der Waals surface area contributed by atoms with Crippen LogP contribution in [0.5, 0.6) is 0 Å². The molecule has 0 unspecified atom stereocenters. The lowest BCUT2D eigenvalue weighted by molar-refractivity contribution is -0.142. The van der Waals surface area contributed by atoms with Crippen LogP contribution in [0.4, 0.5) is 0 Å². The smallest absolute Gasteiger partial charge is 0.253 e. The van der Waals surface area contributed by atoms with Crippen LogP contribution in [-0.4, -0.2) is 28.5 Å². The summed E-state index contributed by atoms with van der Waals surface area (Å²) in [6, 6.07) is 12.0. The highest BCUT2D eigenvalue weighted by Gasteiger charge is 2.29. The lowest BCUT2D eigenvalue weighted by Crippen LogP contribution is -2.39. The molecule has 1 N–H and O–H groups in total. The fraction of sp³-hybridized carbons (Fsp3) is 0.364. The summed E-state index contributed by atoms with van der Waals surface area (Å²) in [5.41, 5.74) is 2.49. The Balaban J connectivity index is 1.65. The first-order valence-electron chi connectivity index (χ1n) is 9.71. The van der Waals surface area contributed by atoms with Crippen molar-refractivity contribution in [2.75, 3.05) is 6.61 Å². The second-order valence-corrected chi connectivity index (χ2v) is 8.21. The van der Waals surface area contributed by atoms with E-state index in [1.54, 1.807) is 16.2 Å². The molecule has 2 aromatic heterocycles. The maximum absolute atomic E-state index is 13.0. The second kappa shape index (κ2) is 8.29. The van der Waals surface area contributed by atoms with Crippen LogP contribution in [0.25, 0.3) is 10.9 Å². The Morgan fingerprint density at radius 3 is 2.89 bits per heavy atom. The Bertz CT molecular complexity index is 1020. The molecule has 28 heavy (non-hydrogen) atoms. The first kappa shape index (κ1) is 18.9. The number of benzene rings is 1. The Morgan fingerprint density at radius 2 is 2.18 bits per heavy atom. The molecule has 5 nitrogen and oxygen atoms in total. The van der Waals surface area contributed by atoms with E-state index >= 15 is 0 Å². The van der Waals surface area contributed by atoms with Crippen molar-refractivity contribution in [1.82, 2.24) is 9.88 Å². The molecule has 6 heteroatoms. The number of aryl methyl sites for hydroxylation is 1. The highest BCUT2D eigenvalue weighted by atomic mass is 32.1. The summed E-state index contributed by atoms with van der Waals surface area (Å²) in [5, 5.41) is 2.99. The largest absolute Gasteiger partial charge is 0.368 e. The number of pyridine rings is 1. The monoisotopic (exact) mass is 396 g/mol. The van der Waals surface area contributed by atoms with Gasteiger partial charge in [0.25, 0.3) is 11.5 Å². The highest BCUT2D eigenvalue weighted by Crippen LogP contribution is 2.21. The van der Waals surface area contributed by atoms with Crippen LogP contribution in [0, 0.1) is 0 Å². The van der Waals surface area contributed by atoms with Crippen molar-refractivity contribution in [3.8, 4) is 0 Å². The lowest BCUT2D eigenvalue weighted by atomic mass is 10.1. The number of hydrogen-bond acceptors (Lipinski definition) is 4. The molecule has 146 valence electrons. The van der Waals surface area contributed by atoms with E-state index in [2.05, 4.69) is 18.0 Å². The molecule has 1 fully saturated rings. The highest BCUT2D eigenvalue weighted by molar-refractivity contribution is 7.09. The Hall–Kier alpha value is -2.44. The van der Waals surface area contributed by atoms with Gasteiger partial charge in [0.05, 0.1) is 13.1 Å². The van der Waals surface area contributed by atoms with Crippen molar-refractivity contribution in [2.45, 2.75) is 45.4 Å². The third kappa shape index (κ3) is 4.03. The number of nitrogens with zero attached hydrogens (tertiary/aromatic N) is 1. The molecule has 0 aliphatic carbocycles. The van der Waals surface area contributed by atoms with E-state index in [1.165, 1.54) is 5.56 Å². The Kier molecular flexibility index (Phi) is 5.59. The fourth-order valence-electron chi connectivity index (χ4n) is 3.62. The van der Waals surface area contributed by atoms with Gasteiger partial charge in [0.2, 0.25) is 0 Å². The summed E-state index contributed by atoms with van der Waals surface area (Å²) in [7, 11) is 0. The van der Waals surface area contributed by atoms with Crippen molar-refractivity contribution in [3.05, 3.63) is 68.1 Å². The van der Waals surface area contributed by atoms with E-state index < -0.39 is 6.10 Å². The number of H-pyrrole nitrogens is 1. The standard InChI is InChI=1S/C22H24N2O3S/c1-2-15-7-8-19-16(11-15)12-17(21(25)23-19)13-24(14-18-5-4-10-28-18)22(26)20-6-3-9-27-20/h4-5,7-8,10-12,20H,2-3,6,9,13-14H2,1H3,(H,23,25)/t20-/m0/s1. The second-order valence-electron chi connectivity index (χ2n) is 7.17. The molecule has 0 spiro atoms. The Morgan fingerprint density at radius 1 is 1.29 bits per heavy atom. The number of amides is 1. The van der Waals surface area contributed by atoms with E-state index in [0.717, 1.165) is 35.0 Å². The van der Waals surface area contributed by atoms with Crippen LogP contribution in [0.3, 0.4) is 0 Å². The number of aromatic nitrogens is 1. The number of carbonyl (C=O) groups excluding carboxylic acids is 1. The van der Waals surface area contributed by atoms with Gasteiger partial charge in [-0.15, -0.1) is 11.3 Å². The Labute approximate surface area is 168 Å². The van der Waals surface area contributed by atoms with Gasteiger partial charge >= 0.3 is 0 Å². The molecular weight excluding hydrogens is 372 g/mol. The SMILES string of the molecule is CCc1ccc2[nH]c(=O)c(CN(Cc3cccs3)C(=O)[C@@H]3CCCO3)cc2c1. The first-order valence-corrected chi connectivity index (χ1v) is 10.6. The number of hydrogen-bond donors (Lipinski definition) is 1. The molecular formula is C22H24N2O3S. The minimum Gasteiger partial charge on any atom is -0.368 e. The van der Waals surface area contributed by atoms with Gasteiger partial charge in [0.1, 0.15) is 6.10 Å². The molecule has 1 aliphatic heterocycles. The predicted octanol–water partition coefficient (Wildman–Crippen LogP) is 3.86. The quantitative estimate of drug-likeness (QED) is 0.688. The van der Waals surface area contributed by atoms with Gasteiger partial charge in [-0.3, -0.25) is 9.59 Å². The molecule has 1 atom stereocenters. The third-order valence-corrected chi connectivity index (χ3v) is 6.06. The topological polar surface area (TPSA) is 62.4 Å². The number of aromatic amines is 1. The number of nitrogens with one attached hydrogen (secondary N) is 1. The maximum atomic E-state index is 13.0. The molecule has 1 saturated heterocycles. The lowest BCUT2D eigenvalue weighted by Gasteiger charge is -2.25. The molecule has 0 saturated carbocycles. The van der Waals surface area contributed by atoms with Crippen LogP contribution in [0.2, 0.25) is 0 Å². The predicted molar refractivity (Wildman–Crippen MR) is 111 cm³/mol. The zero-order valence-corrected chi connectivity index (χ0v) is 16.8. The van der Waals surface area contributed by atoms with Crippen molar-refractivity contribution < 1.29 is 9.53 Å². The summed E-state index contributed by atoms with van der Waals surface area (Å²) < 4.78 is 5.61. The number of rotatable bonds is 6. The zero-order valence-electron chi connectivity index (χ0n) is 15.9. The molecule has 0 radical (unpaired) electrons. The van der Waals surface area contributed by atoms with Crippen LogP contribution >= 0.6 is 11.3 Å². The summed E-state index contributed by atoms with van der Waals surface area (Å²) in [6.07, 6.45) is 2.19. The summed E-state index contributed by atoms with van der Waals surface area (Å²) in [5.74, 6) is -0.0345. The van der Waals surface area contributed by atoms with Crippen LogP contribution < -0.4 is 5.56 Å². The van der Waals surface area contributed by atoms with Crippen molar-refractivity contribution >= 4 is 28.1 Å².